The zero-order chi connectivity index (χ0) is 18.4. The number of hydrogen-bond acceptors (Lipinski definition) is 5. The second kappa shape index (κ2) is 8.38. The van der Waals surface area contributed by atoms with Crippen LogP contribution in [-0.4, -0.2) is 31.6 Å². The summed E-state index contributed by atoms with van der Waals surface area (Å²) in [6.45, 7) is 0.103. The molecule has 0 unspecified atom stereocenters. The van der Waals surface area contributed by atoms with Crippen LogP contribution in [0, 0.1) is 0 Å². The lowest BCUT2D eigenvalue weighted by Crippen LogP contribution is -2.30. The Morgan fingerprint density at radius 3 is 2.54 bits per heavy atom. The molecular formula is C20H21NO5. The van der Waals surface area contributed by atoms with Gasteiger partial charge in [0.1, 0.15) is 6.61 Å². The quantitative estimate of drug-likeness (QED) is 0.737. The van der Waals surface area contributed by atoms with E-state index in [0.29, 0.717) is 23.7 Å². The Hall–Kier alpha value is -3.02. The highest BCUT2D eigenvalue weighted by Crippen LogP contribution is 2.29. The minimum atomic E-state index is -0.580. The fraction of sp³-hybridized carbons (Fsp3) is 0.300. The summed E-state index contributed by atoms with van der Waals surface area (Å²) >= 11 is 0. The summed E-state index contributed by atoms with van der Waals surface area (Å²) in [7, 11) is 1.50. The van der Waals surface area contributed by atoms with Crippen molar-refractivity contribution in [3.63, 3.8) is 0 Å². The van der Waals surface area contributed by atoms with Crippen molar-refractivity contribution in [2.45, 2.75) is 25.5 Å². The van der Waals surface area contributed by atoms with Crippen LogP contribution in [0.4, 0.5) is 0 Å². The molecule has 0 radical (unpaired) electrons. The number of esters is 1. The van der Waals surface area contributed by atoms with Gasteiger partial charge in [0.05, 0.1) is 12.7 Å². The predicted octanol–water partition coefficient (Wildman–Crippen LogP) is 2.71. The maximum Gasteiger partial charge on any atom is 0.338 e. The van der Waals surface area contributed by atoms with Crippen molar-refractivity contribution < 1.29 is 23.8 Å². The number of amides is 1. The molecule has 2 aromatic rings. The van der Waals surface area contributed by atoms with Gasteiger partial charge in [-0.25, -0.2) is 4.79 Å². The van der Waals surface area contributed by atoms with Crippen molar-refractivity contribution in [2.24, 2.45) is 0 Å². The van der Waals surface area contributed by atoms with E-state index in [1.165, 1.54) is 7.11 Å². The lowest BCUT2D eigenvalue weighted by molar-refractivity contribution is -0.124. The standard InChI is InChI=1S/C20H21NO5/c1-24-18-11-15(20(23)26-13-19(22)21-16-8-9-16)7-10-17(18)25-12-14-5-3-2-4-6-14/h2-7,10-11,16H,8-9,12-13H2,1H3,(H,21,22). The molecule has 1 aliphatic rings. The van der Waals surface area contributed by atoms with Gasteiger partial charge in [0.25, 0.3) is 5.91 Å². The van der Waals surface area contributed by atoms with E-state index >= 15 is 0 Å². The van der Waals surface area contributed by atoms with Gasteiger partial charge in [-0.1, -0.05) is 30.3 Å². The number of carbonyl (C=O) groups is 2. The van der Waals surface area contributed by atoms with Gasteiger partial charge >= 0.3 is 5.97 Å². The van der Waals surface area contributed by atoms with Gasteiger partial charge in [-0.3, -0.25) is 4.79 Å². The molecule has 2 aromatic carbocycles. The number of hydrogen-bond donors (Lipinski definition) is 1. The summed E-state index contributed by atoms with van der Waals surface area (Å²) in [4.78, 5) is 23.7. The van der Waals surface area contributed by atoms with Crippen LogP contribution in [0.1, 0.15) is 28.8 Å². The summed E-state index contributed by atoms with van der Waals surface area (Å²) in [6, 6.07) is 14.8. The molecule has 0 aromatic heterocycles. The van der Waals surface area contributed by atoms with Gasteiger partial charge in [-0.2, -0.15) is 0 Å². The molecule has 3 rings (SSSR count). The third kappa shape index (κ3) is 4.99. The van der Waals surface area contributed by atoms with Crippen molar-refractivity contribution in [3.05, 3.63) is 59.7 Å². The zero-order valence-corrected chi connectivity index (χ0v) is 14.6. The predicted molar refractivity (Wildman–Crippen MR) is 95.2 cm³/mol. The van der Waals surface area contributed by atoms with Gasteiger partial charge in [-0.05, 0) is 36.6 Å². The number of methoxy groups -OCH3 is 1. The first kappa shape index (κ1) is 17.8. The maximum atomic E-state index is 12.1. The molecule has 26 heavy (non-hydrogen) atoms. The van der Waals surface area contributed by atoms with Gasteiger partial charge < -0.3 is 19.5 Å². The first-order chi connectivity index (χ1) is 12.7. The molecule has 1 N–H and O–H groups in total. The van der Waals surface area contributed by atoms with E-state index in [9.17, 15) is 9.59 Å². The van der Waals surface area contributed by atoms with E-state index in [-0.39, 0.29) is 18.6 Å². The summed E-state index contributed by atoms with van der Waals surface area (Å²) in [5.41, 5.74) is 1.33. The molecule has 0 spiro atoms. The molecule has 0 heterocycles. The lowest BCUT2D eigenvalue weighted by atomic mass is 10.2. The number of rotatable bonds is 8. The van der Waals surface area contributed by atoms with Gasteiger partial charge in [-0.15, -0.1) is 0 Å². The molecule has 1 amide bonds. The first-order valence-corrected chi connectivity index (χ1v) is 8.47. The Morgan fingerprint density at radius 1 is 1.08 bits per heavy atom. The second-order valence-electron chi connectivity index (χ2n) is 6.06. The highest BCUT2D eigenvalue weighted by atomic mass is 16.5. The fourth-order valence-electron chi connectivity index (χ4n) is 2.36. The molecule has 0 atom stereocenters. The Morgan fingerprint density at radius 2 is 1.85 bits per heavy atom. The largest absolute Gasteiger partial charge is 0.493 e. The third-order valence-corrected chi connectivity index (χ3v) is 3.91. The van der Waals surface area contributed by atoms with Crippen LogP contribution in [-0.2, 0) is 16.1 Å². The normalized spacial score (nSPS) is 13.0. The van der Waals surface area contributed by atoms with Crippen molar-refractivity contribution in [1.29, 1.82) is 0 Å². The van der Waals surface area contributed by atoms with Crippen LogP contribution in [0.2, 0.25) is 0 Å². The Bertz CT molecular complexity index is 771. The SMILES string of the molecule is COc1cc(C(=O)OCC(=O)NC2CC2)ccc1OCc1ccccc1. The molecule has 0 bridgehead atoms. The van der Waals surface area contributed by atoms with E-state index in [0.717, 1.165) is 18.4 Å². The van der Waals surface area contributed by atoms with Crippen LogP contribution in [0.5, 0.6) is 11.5 Å². The summed E-state index contributed by atoms with van der Waals surface area (Å²) in [5, 5.41) is 2.76. The van der Waals surface area contributed by atoms with E-state index in [1.807, 2.05) is 30.3 Å². The minimum absolute atomic E-state index is 0.238. The summed E-state index contributed by atoms with van der Waals surface area (Å²) in [5.74, 6) is 0.0941. The second-order valence-corrected chi connectivity index (χ2v) is 6.06. The van der Waals surface area contributed by atoms with Crippen LogP contribution in [0.25, 0.3) is 0 Å². The number of nitrogens with one attached hydrogen (secondary N) is 1. The molecule has 6 heteroatoms. The van der Waals surface area contributed by atoms with Crippen molar-refractivity contribution >= 4 is 11.9 Å². The van der Waals surface area contributed by atoms with E-state index in [4.69, 9.17) is 14.2 Å². The van der Waals surface area contributed by atoms with Crippen LogP contribution in [0.3, 0.4) is 0 Å². The number of ether oxygens (including phenoxy) is 3. The molecule has 6 nitrogen and oxygen atoms in total. The van der Waals surface area contributed by atoms with Crippen molar-refractivity contribution in [2.75, 3.05) is 13.7 Å². The van der Waals surface area contributed by atoms with Crippen LogP contribution < -0.4 is 14.8 Å². The summed E-state index contributed by atoms with van der Waals surface area (Å²) < 4.78 is 16.1. The zero-order valence-electron chi connectivity index (χ0n) is 14.6. The molecule has 0 saturated heterocycles. The third-order valence-electron chi connectivity index (χ3n) is 3.91. The molecule has 1 fully saturated rings. The maximum absolute atomic E-state index is 12.1. The fourth-order valence-corrected chi connectivity index (χ4v) is 2.36. The van der Waals surface area contributed by atoms with Crippen LogP contribution >= 0.6 is 0 Å². The van der Waals surface area contributed by atoms with Crippen LogP contribution in [0.15, 0.2) is 48.5 Å². The lowest BCUT2D eigenvalue weighted by Gasteiger charge is -2.12. The Balaban J connectivity index is 1.58. The molecule has 1 saturated carbocycles. The Kier molecular flexibility index (Phi) is 5.73. The minimum Gasteiger partial charge on any atom is -0.493 e. The average molecular weight is 355 g/mol. The van der Waals surface area contributed by atoms with E-state index in [2.05, 4.69) is 5.32 Å². The highest BCUT2D eigenvalue weighted by molar-refractivity contribution is 5.92. The molecule has 0 aliphatic heterocycles. The van der Waals surface area contributed by atoms with Gasteiger partial charge in [0.2, 0.25) is 0 Å². The molecular weight excluding hydrogens is 334 g/mol. The van der Waals surface area contributed by atoms with E-state index in [1.54, 1.807) is 18.2 Å². The van der Waals surface area contributed by atoms with Crippen molar-refractivity contribution in [1.82, 2.24) is 5.32 Å². The van der Waals surface area contributed by atoms with Gasteiger partial charge in [0.15, 0.2) is 18.1 Å². The summed E-state index contributed by atoms with van der Waals surface area (Å²) in [6.07, 6.45) is 1.97. The molecule has 136 valence electrons. The molecule has 1 aliphatic carbocycles. The van der Waals surface area contributed by atoms with Gasteiger partial charge in [0, 0.05) is 6.04 Å². The number of benzene rings is 2. The average Bonchev–Trinajstić information content (AvgIpc) is 3.49. The Labute approximate surface area is 152 Å². The number of carbonyl (C=O) groups excluding carboxylic acids is 2. The topological polar surface area (TPSA) is 73.9 Å². The van der Waals surface area contributed by atoms with Crippen molar-refractivity contribution in [3.8, 4) is 11.5 Å². The highest BCUT2D eigenvalue weighted by Gasteiger charge is 2.23. The smallest absolute Gasteiger partial charge is 0.338 e. The first-order valence-electron chi connectivity index (χ1n) is 8.47. The van der Waals surface area contributed by atoms with E-state index < -0.39 is 5.97 Å². The monoisotopic (exact) mass is 355 g/mol.